The molecule has 2 heterocycles. The van der Waals surface area contributed by atoms with Gasteiger partial charge in [-0.2, -0.15) is 0 Å². The fourth-order valence-electron chi connectivity index (χ4n) is 2.54. The third kappa shape index (κ3) is 4.59. The molecule has 7 nitrogen and oxygen atoms in total. The third-order valence-electron chi connectivity index (χ3n) is 3.64. The molecule has 0 fully saturated rings. The standard InChI is InChI=1S/C16H24N4O3/c1-11(8-20-6-5-17-10-20)19-15(21)18-9-16(4,22)14-7-12(2)23-13(14)3/h5-7,10-11,22H,8-9H2,1-4H3,(H2,18,19,21). The molecule has 0 aliphatic rings. The van der Waals surface area contributed by atoms with Gasteiger partial charge < -0.3 is 24.7 Å². The van der Waals surface area contributed by atoms with Crippen molar-refractivity contribution in [3.63, 3.8) is 0 Å². The van der Waals surface area contributed by atoms with E-state index in [0.717, 1.165) is 5.76 Å². The fourth-order valence-corrected chi connectivity index (χ4v) is 2.54. The Balaban J connectivity index is 1.84. The lowest BCUT2D eigenvalue weighted by molar-refractivity contribution is 0.0577. The van der Waals surface area contributed by atoms with Crippen LogP contribution < -0.4 is 10.6 Å². The van der Waals surface area contributed by atoms with Crippen LogP contribution in [0.25, 0.3) is 0 Å². The second kappa shape index (κ2) is 6.87. The SMILES string of the molecule is Cc1cc(C(C)(O)CNC(=O)NC(C)Cn2ccnc2)c(C)o1. The molecule has 0 aliphatic carbocycles. The Kier molecular flexibility index (Phi) is 5.10. The maximum absolute atomic E-state index is 12.0. The van der Waals surface area contributed by atoms with Gasteiger partial charge in [0.1, 0.15) is 17.1 Å². The van der Waals surface area contributed by atoms with Crippen molar-refractivity contribution in [3.05, 3.63) is 41.9 Å². The second-order valence-electron chi connectivity index (χ2n) is 6.09. The first-order chi connectivity index (χ1) is 10.8. The van der Waals surface area contributed by atoms with Crippen LogP contribution in [0.3, 0.4) is 0 Å². The van der Waals surface area contributed by atoms with Gasteiger partial charge in [0.05, 0.1) is 12.9 Å². The highest BCUT2D eigenvalue weighted by molar-refractivity contribution is 5.74. The van der Waals surface area contributed by atoms with E-state index in [1.54, 1.807) is 32.4 Å². The minimum absolute atomic E-state index is 0.0629. The van der Waals surface area contributed by atoms with Crippen LogP contribution in [0.4, 0.5) is 4.79 Å². The summed E-state index contributed by atoms with van der Waals surface area (Å²) < 4.78 is 7.32. The summed E-state index contributed by atoms with van der Waals surface area (Å²) in [5.41, 5.74) is -0.506. The van der Waals surface area contributed by atoms with Crippen LogP contribution in [-0.2, 0) is 12.1 Å². The van der Waals surface area contributed by atoms with Crippen LogP contribution in [0.15, 0.2) is 29.2 Å². The van der Waals surface area contributed by atoms with Crippen molar-refractivity contribution in [2.75, 3.05) is 6.54 Å². The summed E-state index contributed by atoms with van der Waals surface area (Å²) >= 11 is 0. The van der Waals surface area contributed by atoms with Gasteiger partial charge in [-0.25, -0.2) is 9.78 Å². The van der Waals surface area contributed by atoms with Crippen LogP contribution in [0, 0.1) is 13.8 Å². The number of nitrogens with zero attached hydrogens (tertiary/aromatic N) is 2. The molecule has 3 N–H and O–H groups in total. The monoisotopic (exact) mass is 320 g/mol. The molecule has 0 aliphatic heterocycles. The molecule has 2 amide bonds. The van der Waals surface area contributed by atoms with Crippen molar-refractivity contribution in [1.29, 1.82) is 0 Å². The number of amides is 2. The number of hydrogen-bond donors (Lipinski definition) is 3. The van der Waals surface area contributed by atoms with Crippen molar-refractivity contribution in [1.82, 2.24) is 20.2 Å². The van der Waals surface area contributed by atoms with Gasteiger partial charge in [0.2, 0.25) is 0 Å². The number of imidazole rings is 1. The molecule has 0 spiro atoms. The van der Waals surface area contributed by atoms with Gasteiger partial charge in [-0.05, 0) is 33.8 Å². The molecule has 2 atom stereocenters. The molecule has 0 bridgehead atoms. The summed E-state index contributed by atoms with van der Waals surface area (Å²) in [4.78, 5) is 15.9. The minimum Gasteiger partial charge on any atom is -0.466 e. The second-order valence-corrected chi connectivity index (χ2v) is 6.09. The van der Waals surface area contributed by atoms with E-state index in [-0.39, 0.29) is 18.6 Å². The van der Waals surface area contributed by atoms with Gasteiger partial charge >= 0.3 is 6.03 Å². The molecule has 0 saturated heterocycles. The number of urea groups is 1. The molecule has 0 saturated carbocycles. The summed E-state index contributed by atoms with van der Waals surface area (Å²) in [6.07, 6.45) is 5.23. The first-order valence-corrected chi connectivity index (χ1v) is 7.58. The van der Waals surface area contributed by atoms with Crippen LogP contribution in [-0.4, -0.2) is 33.3 Å². The number of carbonyl (C=O) groups is 1. The lowest BCUT2D eigenvalue weighted by Gasteiger charge is -2.24. The molecule has 2 rings (SSSR count). The molecule has 7 heteroatoms. The Hall–Kier alpha value is -2.28. The van der Waals surface area contributed by atoms with E-state index < -0.39 is 5.60 Å². The maximum atomic E-state index is 12.0. The lowest BCUT2D eigenvalue weighted by atomic mass is 9.96. The normalized spacial score (nSPS) is 15.0. The number of aryl methyl sites for hydroxylation is 2. The van der Waals surface area contributed by atoms with E-state index in [4.69, 9.17) is 4.42 Å². The molecule has 0 aromatic carbocycles. The summed E-state index contributed by atoms with van der Waals surface area (Å²) in [5.74, 6) is 1.39. The summed E-state index contributed by atoms with van der Waals surface area (Å²) in [5, 5.41) is 16.1. The first kappa shape index (κ1) is 17.1. The van der Waals surface area contributed by atoms with Crippen molar-refractivity contribution < 1.29 is 14.3 Å². The van der Waals surface area contributed by atoms with Crippen LogP contribution in [0.1, 0.15) is 30.9 Å². The van der Waals surface area contributed by atoms with E-state index in [1.165, 1.54) is 0 Å². The summed E-state index contributed by atoms with van der Waals surface area (Å²) in [6.45, 7) is 7.90. The number of aromatic nitrogens is 2. The highest BCUT2D eigenvalue weighted by Gasteiger charge is 2.28. The Labute approximate surface area is 135 Å². The Morgan fingerprint density at radius 3 is 2.83 bits per heavy atom. The van der Waals surface area contributed by atoms with E-state index in [1.807, 2.05) is 24.6 Å². The number of aliphatic hydroxyl groups is 1. The number of carbonyl (C=O) groups excluding carboxylic acids is 1. The first-order valence-electron chi connectivity index (χ1n) is 7.58. The zero-order valence-corrected chi connectivity index (χ0v) is 14.0. The van der Waals surface area contributed by atoms with E-state index in [9.17, 15) is 9.90 Å². The number of furan rings is 1. The van der Waals surface area contributed by atoms with Gasteiger partial charge in [-0.15, -0.1) is 0 Å². The molecule has 2 aromatic rings. The Morgan fingerprint density at radius 2 is 2.26 bits per heavy atom. The molecule has 126 valence electrons. The number of rotatable bonds is 6. The predicted octanol–water partition coefficient (Wildman–Crippen LogP) is 1.69. The van der Waals surface area contributed by atoms with Crippen molar-refractivity contribution >= 4 is 6.03 Å². The summed E-state index contributed by atoms with van der Waals surface area (Å²) in [6, 6.07) is 1.40. The minimum atomic E-state index is -1.19. The third-order valence-corrected chi connectivity index (χ3v) is 3.64. The fraction of sp³-hybridized carbons (Fsp3) is 0.500. The summed E-state index contributed by atoms with van der Waals surface area (Å²) in [7, 11) is 0. The van der Waals surface area contributed by atoms with Crippen LogP contribution in [0.2, 0.25) is 0 Å². The quantitative estimate of drug-likeness (QED) is 0.755. The van der Waals surface area contributed by atoms with E-state index >= 15 is 0 Å². The molecule has 2 aromatic heterocycles. The smallest absolute Gasteiger partial charge is 0.315 e. The number of hydrogen-bond acceptors (Lipinski definition) is 4. The highest BCUT2D eigenvalue weighted by Crippen LogP contribution is 2.26. The molecular weight excluding hydrogens is 296 g/mol. The largest absolute Gasteiger partial charge is 0.466 e. The predicted molar refractivity (Wildman–Crippen MR) is 86.0 cm³/mol. The topological polar surface area (TPSA) is 92.3 Å². The molecule has 0 radical (unpaired) electrons. The van der Waals surface area contributed by atoms with Crippen molar-refractivity contribution in [2.24, 2.45) is 0 Å². The molecule has 23 heavy (non-hydrogen) atoms. The van der Waals surface area contributed by atoms with E-state index in [2.05, 4.69) is 15.6 Å². The Morgan fingerprint density at radius 1 is 1.52 bits per heavy atom. The zero-order valence-electron chi connectivity index (χ0n) is 14.0. The molecular formula is C16H24N4O3. The van der Waals surface area contributed by atoms with Gasteiger partial charge in [0.25, 0.3) is 0 Å². The lowest BCUT2D eigenvalue weighted by Crippen LogP contribution is -2.47. The van der Waals surface area contributed by atoms with Gasteiger partial charge in [0, 0.05) is 30.5 Å². The van der Waals surface area contributed by atoms with Gasteiger partial charge in [0.15, 0.2) is 0 Å². The van der Waals surface area contributed by atoms with Gasteiger partial charge in [-0.1, -0.05) is 0 Å². The average Bonchev–Trinajstić information content (AvgIpc) is 3.06. The van der Waals surface area contributed by atoms with Gasteiger partial charge in [-0.3, -0.25) is 0 Å². The Bertz CT molecular complexity index is 646. The van der Waals surface area contributed by atoms with Crippen LogP contribution >= 0.6 is 0 Å². The number of nitrogens with one attached hydrogen (secondary N) is 2. The van der Waals surface area contributed by atoms with E-state index in [0.29, 0.717) is 17.9 Å². The highest BCUT2D eigenvalue weighted by atomic mass is 16.3. The van der Waals surface area contributed by atoms with Crippen molar-refractivity contribution in [3.8, 4) is 0 Å². The van der Waals surface area contributed by atoms with Crippen molar-refractivity contribution in [2.45, 2.75) is 45.9 Å². The maximum Gasteiger partial charge on any atom is 0.315 e. The van der Waals surface area contributed by atoms with Crippen LogP contribution in [0.5, 0.6) is 0 Å². The zero-order chi connectivity index (χ0) is 17.0. The molecule has 2 unspecified atom stereocenters. The average molecular weight is 320 g/mol.